The molecule has 0 atom stereocenters. The molecule has 0 saturated carbocycles. The molecule has 0 unspecified atom stereocenters. The molecule has 9 heteroatoms. The normalized spacial score (nSPS) is 11.3. The van der Waals surface area contributed by atoms with Crippen molar-refractivity contribution in [3.63, 3.8) is 0 Å². The summed E-state index contributed by atoms with van der Waals surface area (Å²) in [5.74, 6) is 0.538. The van der Waals surface area contributed by atoms with Crippen LogP contribution in [0.2, 0.25) is 0 Å². The summed E-state index contributed by atoms with van der Waals surface area (Å²) in [6.45, 7) is 0. The Hall–Kier alpha value is -4.53. The van der Waals surface area contributed by atoms with Crippen LogP contribution >= 0.6 is 0 Å². The minimum Gasteiger partial charge on any atom is -0.312 e. The van der Waals surface area contributed by atoms with E-state index < -0.39 is 9.85 Å². The van der Waals surface area contributed by atoms with Crippen LogP contribution in [0, 0.1) is 20.2 Å². The van der Waals surface area contributed by atoms with Crippen molar-refractivity contribution in [2.45, 2.75) is 0 Å². The summed E-state index contributed by atoms with van der Waals surface area (Å²) in [5.41, 5.74) is 3.88. The monoisotopic (exact) mass is 413 g/mol. The number of hydrogen-bond donors (Lipinski definition) is 0. The van der Waals surface area contributed by atoms with Gasteiger partial charge in [0, 0.05) is 36.4 Å². The minimum absolute atomic E-state index is 0.0186. The maximum Gasteiger partial charge on any atom is 0.295 e. The Morgan fingerprint density at radius 2 is 1.52 bits per heavy atom. The molecule has 0 fully saturated rings. The second-order valence-corrected chi connectivity index (χ2v) is 7.08. The largest absolute Gasteiger partial charge is 0.312 e. The lowest BCUT2D eigenvalue weighted by Crippen LogP contribution is -1.94. The van der Waals surface area contributed by atoms with E-state index in [4.69, 9.17) is 4.98 Å². The number of aromatic nitrogens is 3. The third-order valence-corrected chi connectivity index (χ3v) is 5.33. The maximum atomic E-state index is 11.8. The summed E-state index contributed by atoms with van der Waals surface area (Å²) in [4.78, 5) is 26.8. The lowest BCUT2D eigenvalue weighted by atomic mass is 10.0. The highest BCUT2D eigenvalue weighted by Gasteiger charge is 2.26. The lowest BCUT2D eigenvalue weighted by molar-refractivity contribution is -0.384. The quantitative estimate of drug-likeness (QED) is 0.305. The highest BCUT2D eigenvalue weighted by atomic mass is 16.6. The molecule has 0 aliphatic rings. The van der Waals surface area contributed by atoms with E-state index in [1.54, 1.807) is 22.6 Å². The number of hydrogen-bond acceptors (Lipinski definition) is 5. The first-order chi connectivity index (χ1) is 15.0. The van der Waals surface area contributed by atoms with Crippen molar-refractivity contribution in [1.82, 2.24) is 14.0 Å². The predicted octanol–water partition coefficient (Wildman–Crippen LogP) is 4.98. The van der Waals surface area contributed by atoms with Crippen LogP contribution in [0.3, 0.4) is 0 Å². The fourth-order valence-electron chi connectivity index (χ4n) is 3.92. The van der Waals surface area contributed by atoms with E-state index in [9.17, 15) is 20.2 Å². The Kier molecular flexibility index (Phi) is 4.04. The SMILES string of the molecule is Cn1c2cccc([N+](=O)[O-])c2n2c(-c3ccccc3)c(-c3ccc([N+](=O)[O-])cc3)nc12. The Labute approximate surface area is 175 Å². The Morgan fingerprint density at radius 3 is 2.16 bits per heavy atom. The number of benzene rings is 3. The molecule has 0 amide bonds. The minimum atomic E-state index is -0.456. The van der Waals surface area contributed by atoms with Crippen molar-refractivity contribution in [2.75, 3.05) is 0 Å². The molecule has 0 saturated heterocycles. The maximum absolute atomic E-state index is 11.8. The first-order valence-electron chi connectivity index (χ1n) is 9.42. The van der Waals surface area contributed by atoms with Crippen molar-refractivity contribution >= 4 is 28.2 Å². The van der Waals surface area contributed by atoms with Gasteiger partial charge in [-0.15, -0.1) is 0 Å². The zero-order chi connectivity index (χ0) is 21.7. The van der Waals surface area contributed by atoms with Crippen LogP contribution in [0.5, 0.6) is 0 Å². The molecule has 152 valence electrons. The van der Waals surface area contributed by atoms with Gasteiger partial charge in [-0.05, 0) is 18.2 Å². The summed E-state index contributed by atoms with van der Waals surface area (Å²) in [6.07, 6.45) is 0. The Bertz CT molecular complexity index is 1480. The summed E-state index contributed by atoms with van der Waals surface area (Å²) in [6, 6.07) is 20.5. The molecule has 0 aliphatic heterocycles. The number of imidazole rings is 2. The van der Waals surface area contributed by atoms with E-state index in [-0.39, 0.29) is 11.4 Å². The molecule has 0 bridgehead atoms. The third kappa shape index (κ3) is 2.75. The number of nitro groups is 2. The van der Waals surface area contributed by atoms with E-state index in [0.717, 1.165) is 5.56 Å². The second kappa shape index (κ2) is 6.77. The molecule has 0 spiro atoms. The van der Waals surface area contributed by atoms with Crippen LogP contribution in [0.25, 0.3) is 39.3 Å². The molecule has 9 nitrogen and oxygen atoms in total. The van der Waals surface area contributed by atoms with Crippen LogP contribution in [0.15, 0.2) is 72.8 Å². The summed E-state index contributed by atoms with van der Waals surface area (Å²) in [7, 11) is 1.81. The second-order valence-electron chi connectivity index (χ2n) is 7.08. The fraction of sp³-hybridized carbons (Fsp3) is 0.0455. The number of rotatable bonds is 4. The third-order valence-electron chi connectivity index (χ3n) is 5.33. The lowest BCUT2D eigenvalue weighted by Gasteiger charge is -2.06. The summed E-state index contributed by atoms with van der Waals surface area (Å²) in [5, 5.41) is 22.8. The fourth-order valence-corrected chi connectivity index (χ4v) is 3.92. The molecule has 0 N–H and O–H groups in total. The summed E-state index contributed by atoms with van der Waals surface area (Å²) >= 11 is 0. The first-order valence-corrected chi connectivity index (χ1v) is 9.42. The van der Waals surface area contributed by atoms with Gasteiger partial charge in [0.05, 0.1) is 26.8 Å². The molecule has 2 heterocycles. The zero-order valence-corrected chi connectivity index (χ0v) is 16.3. The topological polar surface area (TPSA) is 109 Å². The van der Waals surface area contributed by atoms with Gasteiger partial charge in [-0.2, -0.15) is 0 Å². The number of para-hydroxylation sites is 1. The smallest absolute Gasteiger partial charge is 0.295 e. The Morgan fingerprint density at radius 1 is 0.806 bits per heavy atom. The van der Waals surface area contributed by atoms with Crippen molar-refractivity contribution < 1.29 is 9.85 Å². The van der Waals surface area contributed by atoms with Gasteiger partial charge < -0.3 is 4.57 Å². The summed E-state index contributed by atoms with van der Waals surface area (Å²) < 4.78 is 3.60. The average molecular weight is 413 g/mol. The average Bonchev–Trinajstić information content (AvgIpc) is 3.30. The molecule has 0 aliphatic carbocycles. The van der Waals surface area contributed by atoms with Gasteiger partial charge in [-0.3, -0.25) is 24.6 Å². The highest BCUT2D eigenvalue weighted by Crippen LogP contribution is 2.38. The van der Waals surface area contributed by atoms with Crippen LogP contribution in [-0.4, -0.2) is 23.8 Å². The highest BCUT2D eigenvalue weighted by molar-refractivity contribution is 5.94. The van der Waals surface area contributed by atoms with Gasteiger partial charge in [0.2, 0.25) is 5.78 Å². The Balaban J connectivity index is 1.92. The van der Waals surface area contributed by atoms with Crippen LogP contribution < -0.4 is 0 Å². The van der Waals surface area contributed by atoms with Crippen molar-refractivity contribution in [3.05, 3.63) is 93.0 Å². The first kappa shape index (κ1) is 18.5. The van der Waals surface area contributed by atoms with Crippen molar-refractivity contribution in [1.29, 1.82) is 0 Å². The van der Waals surface area contributed by atoms with Crippen LogP contribution in [0.4, 0.5) is 11.4 Å². The molecular weight excluding hydrogens is 398 g/mol. The van der Waals surface area contributed by atoms with Gasteiger partial charge in [0.15, 0.2) is 5.52 Å². The van der Waals surface area contributed by atoms with E-state index in [1.807, 2.05) is 48.0 Å². The molecular formula is C22H15N5O4. The molecule has 5 rings (SSSR count). The number of non-ortho nitro benzene ring substituents is 2. The number of nitro benzene ring substituents is 2. The number of aryl methyl sites for hydroxylation is 1. The van der Waals surface area contributed by atoms with Gasteiger partial charge in [0.1, 0.15) is 0 Å². The van der Waals surface area contributed by atoms with E-state index >= 15 is 0 Å². The number of fused-ring (bicyclic) bond motifs is 3. The van der Waals surface area contributed by atoms with Gasteiger partial charge in [-0.1, -0.05) is 36.4 Å². The molecule has 0 radical (unpaired) electrons. The van der Waals surface area contributed by atoms with Crippen LogP contribution in [-0.2, 0) is 7.05 Å². The van der Waals surface area contributed by atoms with Gasteiger partial charge in [-0.25, -0.2) is 4.98 Å². The number of nitrogens with zero attached hydrogens (tertiary/aromatic N) is 5. The van der Waals surface area contributed by atoms with E-state index in [1.165, 1.54) is 18.2 Å². The van der Waals surface area contributed by atoms with E-state index in [0.29, 0.717) is 33.8 Å². The van der Waals surface area contributed by atoms with Gasteiger partial charge >= 0.3 is 0 Å². The molecule has 2 aromatic heterocycles. The van der Waals surface area contributed by atoms with Crippen molar-refractivity contribution in [3.8, 4) is 22.5 Å². The predicted molar refractivity (Wildman–Crippen MR) is 116 cm³/mol. The molecule has 31 heavy (non-hydrogen) atoms. The van der Waals surface area contributed by atoms with Crippen LogP contribution in [0.1, 0.15) is 0 Å². The van der Waals surface area contributed by atoms with E-state index in [2.05, 4.69) is 0 Å². The van der Waals surface area contributed by atoms with Crippen molar-refractivity contribution in [2.24, 2.45) is 7.05 Å². The van der Waals surface area contributed by atoms with Gasteiger partial charge in [0.25, 0.3) is 11.4 Å². The standard InChI is InChI=1S/C22H15N5O4/c1-24-17-8-5-9-18(27(30)31)21(17)25-20(15-6-3-2-4-7-15)19(23-22(24)25)14-10-12-16(13-11-14)26(28)29/h2-13H,1H3. The molecule has 5 aromatic rings. The molecule has 3 aromatic carbocycles. The zero-order valence-electron chi connectivity index (χ0n) is 16.3.